The summed E-state index contributed by atoms with van der Waals surface area (Å²) in [5.41, 5.74) is 0. The molecule has 0 aromatic carbocycles. The largest absolute Gasteiger partial charge is 0.305 e. The highest BCUT2D eigenvalue weighted by Crippen LogP contribution is 2.51. The molecule has 0 radical (unpaired) electrons. The highest BCUT2D eigenvalue weighted by atomic mass is 127. The van der Waals surface area contributed by atoms with Gasteiger partial charge in [-0.15, -0.1) is 0 Å². The van der Waals surface area contributed by atoms with Crippen LogP contribution in [-0.4, -0.2) is 10.6 Å². The zero-order chi connectivity index (χ0) is 10.6. The summed E-state index contributed by atoms with van der Waals surface area (Å²) in [4.78, 5) is 0. The molecule has 1 N–H and O–H groups in total. The SMILES string of the molecule is CCCCC(NCI)C1C(CC)[C@@H]1C. The van der Waals surface area contributed by atoms with Crippen LogP contribution in [0.25, 0.3) is 0 Å². The number of hydrogen-bond donors (Lipinski definition) is 1. The molecule has 2 heteroatoms. The van der Waals surface area contributed by atoms with Crippen molar-refractivity contribution in [2.45, 2.75) is 52.5 Å². The fourth-order valence-electron chi connectivity index (χ4n) is 2.84. The van der Waals surface area contributed by atoms with Crippen LogP contribution in [0.4, 0.5) is 0 Å². The average Bonchev–Trinajstić information content (AvgIpc) is 2.83. The minimum Gasteiger partial charge on any atom is -0.305 e. The highest BCUT2D eigenvalue weighted by molar-refractivity contribution is 14.1. The topological polar surface area (TPSA) is 12.0 Å². The third-order valence-electron chi connectivity index (χ3n) is 3.78. The maximum Gasteiger partial charge on any atom is 0.0482 e. The zero-order valence-corrected chi connectivity index (χ0v) is 11.9. The van der Waals surface area contributed by atoms with Crippen molar-refractivity contribution in [3.63, 3.8) is 0 Å². The Kier molecular flexibility index (Phi) is 5.75. The van der Waals surface area contributed by atoms with Crippen molar-refractivity contribution >= 4 is 22.6 Å². The molecule has 0 aliphatic heterocycles. The Balaban J connectivity index is 2.35. The van der Waals surface area contributed by atoms with E-state index < -0.39 is 0 Å². The molecular weight excluding hydrogens is 285 g/mol. The van der Waals surface area contributed by atoms with Gasteiger partial charge in [-0.05, 0) is 24.2 Å². The predicted molar refractivity (Wildman–Crippen MR) is 71.8 cm³/mol. The number of unbranched alkanes of at least 4 members (excludes halogenated alkanes) is 1. The Morgan fingerprint density at radius 2 is 2.07 bits per heavy atom. The van der Waals surface area contributed by atoms with Crippen LogP contribution >= 0.6 is 22.6 Å². The smallest absolute Gasteiger partial charge is 0.0482 e. The molecule has 14 heavy (non-hydrogen) atoms. The lowest BCUT2D eigenvalue weighted by Gasteiger charge is -2.17. The molecule has 4 atom stereocenters. The summed E-state index contributed by atoms with van der Waals surface area (Å²) in [6.45, 7) is 7.05. The molecule has 1 nitrogen and oxygen atoms in total. The molecule has 0 heterocycles. The second kappa shape index (κ2) is 6.31. The summed E-state index contributed by atoms with van der Waals surface area (Å²) in [7, 11) is 0. The average molecular weight is 309 g/mol. The molecule has 1 aliphatic rings. The quantitative estimate of drug-likeness (QED) is 0.428. The number of hydrogen-bond acceptors (Lipinski definition) is 1. The third kappa shape index (κ3) is 3.09. The summed E-state index contributed by atoms with van der Waals surface area (Å²) < 4.78 is 1.10. The molecule has 1 rings (SSSR count). The monoisotopic (exact) mass is 309 g/mol. The lowest BCUT2D eigenvalue weighted by Crippen LogP contribution is -2.31. The molecule has 0 aromatic rings. The Morgan fingerprint density at radius 3 is 2.50 bits per heavy atom. The molecule has 0 aromatic heterocycles. The first-order chi connectivity index (χ1) is 6.76. The van der Waals surface area contributed by atoms with E-state index in [1.54, 1.807) is 0 Å². The van der Waals surface area contributed by atoms with E-state index in [1.165, 1.54) is 25.7 Å². The van der Waals surface area contributed by atoms with Gasteiger partial charge in [0, 0.05) is 10.6 Å². The molecular formula is C12H24IN. The van der Waals surface area contributed by atoms with E-state index >= 15 is 0 Å². The first-order valence-corrected chi connectivity index (χ1v) is 7.58. The zero-order valence-electron chi connectivity index (χ0n) is 9.72. The maximum atomic E-state index is 3.66. The molecule has 3 unspecified atom stereocenters. The van der Waals surface area contributed by atoms with E-state index in [9.17, 15) is 0 Å². The van der Waals surface area contributed by atoms with Crippen LogP contribution in [0.3, 0.4) is 0 Å². The number of halogens is 1. The van der Waals surface area contributed by atoms with Gasteiger partial charge in [0.25, 0.3) is 0 Å². The van der Waals surface area contributed by atoms with Crippen LogP contribution in [0.2, 0.25) is 0 Å². The Morgan fingerprint density at radius 1 is 1.36 bits per heavy atom. The molecule has 1 aliphatic carbocycles. The fraction of sp³-hybridized carbons (Fsp3) is 1.00. The lowest BCUT2D eigenvalue weighted by atomic mass is 10.0. The first kappa shape index (κ1) is 12.8. The van der Waals surface area contributed by atoms with Crippen molar-refractivity contribution in [2.24, 2.45) is 17.8 Å². The number of nitrogens with one attached hydrogen (secondary N) is 1. The van der Waals surface area contributed by atoms with Crippen LogP contribution in [-0.2, 0) is 0 Å². The van der Waals surface area contributed by atoms with E-state index in [1.807, 2.05) is 0 Å². The third-order valence-corrected chi connectivity index (χ3v) is 4.22. The second-order valence-electron chi connectivity index (χ2n) is 4.60. The standard InChI is InChI=1S/C12H24IN/c1-4-6-7-11(14-8-13)12-9(3)10(12)5-2/h9-12,14H,4-8H2,1-3H3/t9-,10?,11?,12?/m0/s1. The molecule has 0 bridgehead atoms. The van der Waals surface area contributed by atoms with Crippen molar-refractivity contribution in [2.75, 3.05) is 4.55 Å². The van der Waals surface area contributed by atoms with E-state index in [-0.39, 0.29) is 0 Å². The van der Waals surface area contributed by atoms with Crippen molar-refractivity contribution in [3.8, 4) is 0 Å². The first-order valence-electron chi connectivity index (χ1n) is 6.05. The van der Waals surface area contributed by atoms with Crippen molar-refractivity contribution < 1.29 is 0 Å². The lowest BCUT2D eigenvalue weighted by molar-refractivity contribution is 0.420. The minimum atomic E-state index is 0.798. The second-order valence-corrected chi connectivity index (χ2v) is 5.36. The maximum absolute atomic E-state index is 3.66. The van der Waals surface area contributed by atoms with Gasteiger partial charge in [-0.2, -0.15) is 0 Å². The van der Waals surface area contributed by atoms with Crippen LogP contribution in [0.15, 0.2) is 0 Å². The van der Waals surface area contributed by atoms with Crippen molar-refractivity contribution in [1.29, 1.82) is 0 Å². The molecule has 0 amide bonds. The normalized spacial score (nSPS) is 33.0. The van der Waals surface area contributed by atoms with Crippen LogP contribution < -0.4 is 5.32 Å². The summed E-state index contributed by atoms with van der Waals surface area (Å²) in [6, 6.07) is 0.798. The Labute approximate surface area is 103 Å². The van der Waals surface area contributed by atoms with Crippen LogP contribution in [0.1, 0.15) is 46.5 Å². The summed E-state index contributed by atoms with van der Waals surface area (Å²) in [5.74, 6) is 2.95. The van der Waals surface area contributed by atoms with Gasteiger partial charge in [0.05, 0.1) is 0 Å². The van der Waals surface area contributed by atoms with Gasteiger partial charge in [-0.3, -0.25) is 0 Å². The summed E-state index contributed by atoms with van der Waals surface area (Å²) in [6.07, 6.45) is 5.47. The Bertz CT molecular complexity index is 160. The Hall–Kier alpha value is 0.690. The predicted octanol–water partition coefficient (Wildman–Crippen LogP) is 3.82. The van der Waals surface area contributed by atoms with E-state index in [0.717, 1.165) is 28.3 Å². The van der Waals surface area contributed by atoms with Crippen LogP contribution in [0.5, 0.6) is 0 Å². The van der Waals surface area contributed by atoms with Crippen molar-refractivity contribution in [1.82, 2.24) is 5.32 Å². The van der Waals surface area contributed by atoms with Gasteiger partial charge in [-0.25, -0.2) is 0 Å². The van der Waals surface area contributed by atoms with Crippen LogP contribution in [0, 0.1) is 17.8 Å². The van der Waals surface area contributed by atoms with E-state index in [0.29, 0.717) is 0 Å². The fourth-order valence-corrected chi connectivity index (χ4v) is 3.41. The summed E-state index contributed by atoms with van der Waals surface area (Å²) in [5, 5.41) is 3.66. The molecule has 0 saturated heterocycles. The highest BCUT2D eigenvalue weighted by Gasteiger charge is 2.48. The molecule has 84 valence electrons. The molecule has 0 spiro atoms. The van der Waals surface area contributed by atoms with Gasteiger partial charge >= 0.3 is 0 Å². The minimum absolute atomic E-state index is 0.798. The van der Waals surface area contributed by atoms with Gasteiger partial charge in [-0.1, -0.05) is 62.6 Å². The van der Waals surface area contributed by atoms with Gasteiger partial charge < -0.3 is 5.32 Å². The van der Waals surface area contributed by atoms with E-state index in [4.69, 9.17) is 0 Å². The summed E-state index contributed by atoms with van der Waals surface area (Å²) >= 11 is 2.43. The van der Waals surface area contributed by atoms with Gasteiger partial charge in [0.1, 0.15) is 0 Å². The van der Waals surface area contributed by atoms with Crippen molar-refractivity contribution in [3.05, 3.63) is 0 Å². The molecule has 1 fully saturated rings. The van der Waals surface area contributed by atoms with Gasteiger partial charge in [0.2, 0.25) is 0 Å². The molecule has 1 saturated carbocycles. The number of alkyl halides is 1. The number of rotatable bonds is 7. The van der Waals surface area contributed by atoms with E-state index in [2.05, 4.69) is 48.7 Å². The van der Waals surface area contributed by atoms with Gasteiger partial charge in [0.15, 0.2) is 0 Å².